The Balaban J connectivity index is 4.20. The molecule has 9 nitrogen and oxygen atoms in total. The fourth-order valence-corrected chi connectivity index (χ4v) is 6.88. The molecule has 2 unspecified atom stereocenters. The number of likely N-dealkylation sites (N-methyl/N-ethyl adjacent to an activating group) is 1. The lowest BCUT2D eigenvalue weighted by atomic mass is 10.1. The van der Waals surface area contributed by atoms with Gasteiger partial charge in [-0.2, -0.15) is 0 Å². The molecular formula is C44H84NO8P. The summed E-state index contributed by atoms with van der Waals surface area (Å²) in [5, 5.41) is 2.82. The van der Waals surface area contributed by atoms with E-state index in [1.54, 1.807) is 7.05 Å². The Labute approximate surface area is 332 Å². The number of phosphoric ester groups is 1. The van der Waals surface area contributed by atoms with Gasteiger partial charge in [0.2, 0.25) is 0 Å². The number of hydrogen-bond acceptors (Lipinski definition) is 8. The van der Waals surface area contributed by atoms with Gasteiger partial charge < -0.3 is 19.7 Å². The van der Waals surface area contributed by atoms with Gasteiger partial charge in [-0.25, -0.2) is 4.57 Å². The molecule has 2 atom stereocenters. The van der Waals surface area contributed by atoms with Gasteiger partial charge >= 0.3 is 19.8 Å². The number of nitrogens with one attached hydrogen (secondary N) is 1. The number of phosphoric acid groups is 1. The summed E-state index contributed by atoms with van der Waals surface area (Å²) < 4.78 is 33.2. The van der Waals surface area contributed by atoms with Crippen molar-refractivity contribution in [3.05, 3.63) is 24.3 Å². The van der Waals surface area contributed by atoms with Gasteiger partial charge in [0.1, 0.15) is 6.61 Å². The van der Waals surface area contributed by atoms with Crippen LogP contribution in [0.5, 0.6) is 0 Å². The first-order valence-electron chi connectivity index (χ1n) is 22.3. The summed E-state index contributed by atoms with van der Waals surface area (Å²) in [6.45, 7) is 4.21. The summed E-state index contributed by atoms with van der Waals surface area (Å²) in [4.78, 5) is 35.1. The first-order valence-corrected chi connectivity index (χ1v) is 23.8. The highest BCUT2D eigenvalue weighted by Crippen LogP contribution is 2.43. The molecule has 0 bridgehead atoms. The standard InChI is InChI=1S/C44H84NO8P/c1-4-6-8-10-12-14-16-18-20-21-23-24-26-28-30-32-34-36-43(46)50-40-42(41-52-54(48,49)51-39-38-45-3)53-44(47)37-35-33-31-29-27-25-22-19-17-15-13-11-9-7-5-2/h15,17-18,20,42,45H,4-14,16,19,21-41H2,1-3H3,(H,48,49)/b17-15-,20-18-. The van der Waals surface area contributed by atoms with Gasteiger partial charge in [0, 0.05) is 19.4 Å². The average molecular weight is 786 g/mol. The Morgan fingerprint density at radius 2 is 0.944 bits per heavy atom. The third-order valence-electron chi connectivity index (χ3n) is 9.54. The number of carbonyl (C=O) groups excluding carboxylic acids is 2. The summed E-state index contributed by atoms with van der Waals surface area (Å²) in [5.74, 6) is -0.811. The summed E-state index contributed by atoms with van der Waals surface area (Å²) >= 11 is 0. The molecule has 0 aromatic heterocycles. The van der Waals surface area contributed by atoms with E-state index >= 15 is 0 Å². The highest BCUT2D eigenvalue weighted by molar-refractivity contribution is 7.47. The number of allylic oxidation sites excluding steroid dienone is 4. The second-order valence-corrected chi connectivity index (χ2v) is 16.3. The van der Waals surface area contributed by atoms with E-state index in [0.717, 1.165) is 44.9 Å². The van der Waals surface area contributed by atoms with Crippen molar-refractivity contribution in [1.29, 1.82) is 0 Å². The van der Waals surface area contributed by atoms with Gasteiger partial charge in [0.15, 0.2) is 6.10 Å². The molecule has 0 rings (SSSR count). The lowest BCUT2D eigenvalue weighted by molar-refractivity contribution is -0.161. The highest BCUT2D eigenvalue weighted by atomic mass is 31.2. The van der Waals surface area contributed by atoms with E-state index in [0.29, 0.717) is 13.0 Å². The minimum absolute atomic E-state index is 0.0172. The Kier molecular flexibility index (Phi) is 40.0. The number of ether oxygens (including phenoxy) is 2. The van der Waals surface area contributed by atoms with E-state index < -0.39 is 26.5 Å². The second kappa shape index (κ2) is 41.1. The fourth-order valence-electron chi connectivity index (χ4n) is 6.13. The summed E-state index contributed by atoms with van der Waals surface area (Å²) in [7, 11) is -2.65. The fraction of sp³-hybridized carbons (Fsp3) is 0.864. The zero-order valence-electron chi connectivity index (χ0n) is 35.2. The SMILES string of the molecule is CCCCCC/C=C\CCCCCCCCCC(=O)OC(COC(=O)CCCCCCCCC/C=C\CCCCCCCC)COP(=O)(O)OCCNC. The zero-order chi connectivity index (χ0) is 39.6. The first kappa shape index (κ1) is 52.5. The topological polar surface area (TPSA) is 120 Å². The maximum atomic E-state index is 12.6. The van der Waals surface area contributed by atoms with Crippen LogP contribution in [0.1, 0.15) is 206 Å². The Morgan fingerprint density at radius 1 is 0.556 bits per heavy atom. The van der Waals surface area contributed by atoms with E-state index in [9.17, 15) is 19.0 Å². The molecule has 0 radical (unpaired) electrons. The van der Waals surface area contributed by atoms with Crippen LogP contribution >= 0.6 is 7.82 Å². The molecule has 0 saturated heterocycles. The molecule has 0 heterocycles. The van der Waals surface area contributed by atoms with Crippen molar-refractivity contribution in [2.24, 2.45) is 0 Å². The number of unbranched alkanes of at least 4 members (excludes halogenated alkanes) is 24. The summed E-state index contributed by atoms with van der Waals surface area (Å²) in [6, 6.07) is 0. The van der Waals surface area contributed by atoms with Crippen LogP contribution in [0.25, 0.3) is 0 Å². The summed E-state index contributed by atoms with van der Waals surface area (Å²) in [5.41, 5.74) is 0. The van der Waals surface area contributed by atoms with Crippen LogP contribution in [-0.2, 0) is 32.7 Å². The molecule has 54 heavy (non-hydrogen) atoms. The van der Waals surface area contributed by atoms with Crippen LogP contribution in [0.3, 0.4) is 0 Å². The van der Waals surface area contributed by atoms with Crippen molar-refractivity contribution in [2.75, 3.05) is 33.4 Å². The largest absolute Gasteiger partial charge is 0.472 e. The van der Waals surface area contributed by atoms with Crippen molar-refractivity contribution in [3.8, 4) is 0 Å². The molecule has 0 aliphatic heterocycles. The number of carbonyl (C=O) groups is 2. The molecule has 0 saturated carbocycles. The molecular weight excluding hydrogens is 701 g/mol. The van der Waals surface area contributed by atoms with Gasteiger partial charge in [-0.3, -0.25) is 18.6 Å². The maximum absolute atomic E-state index is 12.6. The van der Waals surface area contributed by atoms with E-state index in [1.807, 2.05) is 0 Å². The Morgan fingerprint density at radius 3 is 1.39 bits per heavy atom. The van der Waals surface area contributed by atoms with Crippen molar-refractivity contribution in [1.82, 2.24) is 5.32 Å². The lowest BCUT2D eigenvalue weighted by Gasteiger charge is -2.20. The molecule has 0 amide bonds. The van der Waals surface area contributed by atoms with Gasteiger partial charge in [0.05, 0.1) is 13.2 Å². The molecule has 0 fully saturated rings. The third kappa shape index (κ3) is 40.2. The molecule has 318 valence electrons. The van der Waals surface area contributed by atoms with Crippen molar-refractivity contribution >= 4 is 19.8 Å². The zero-order valence-corrected chi connectivity index (χ0v) is 36.1. The van der Waals surface area contributed by atoms with E-state index in [4.69, 9.17) is 18.5 Å². The van der Waals surface area contributed by atoms with Crippen LogP contribution in [-0.4, -0.2) is 56.3 Å². The monoisotopic (exact) mass is 786 g/mol. The smallest absolute Gasteiger partial charge is 0.462 e. The highest BCUT2D eigenvalue weighted by Gasteiger charge is 2.26. The van der Waals surface area contributed by atoms with Crippen LogP contribution in [0.15, 0.2) is 24.3 Å². The molecule has 0 spiro atoms. The second-order valence-electron chi connectivity index (χ2n) is 14.9. The van der Waals surface area contributed by atoms with Crippen LogP contribution in [0, 0.1) is 0 Å². The molecule has 10 heteroatoms. The predicted octanol–water partition coefficient (Wildman–Crippen LogP) is 12.6. The Hall–Kier alpha value is -1.51. The number of rotatable bonds is 42. The molecule has 0 aliphatic carbocycles. The van der Waals surface area contributed by atoms with E-state index in [2.05, 4.69) is 43.5 Å². The Bertz CT molecular complexity index is 944. The molecule has 0 aromatic rings. The quantitative estimate of drug-likeness (QED) is 0.0270. The maximum Gasteiger partial charge on any atom is 0.472 e. The minimum Gasteiger partial charge on any atom is -0.462 e. The average Bonchev–Trinajstić information content (AvgIpc) is 3.15. The van der Waals surface area contributed by atoms with E-state index in [-0.39, 0.29) is 32.0 Å². The van der Waals surface area contributed by atoms with Crippen molar-refractivity contribution < 1.29 is 37.6 Å². The minimum atomic E-state index is -4.35. The van der Waals surface area contributed by atoms with Gasteiger partial charge in [0.25, 0.3) is 0 Å². The van der Waals surface area contributed by atoms with Crippen molar-refractivity contribution in [2.45, 2.75) is 213 Å². The summed E-state index contributed by atoms with van der Waals surface area (Å²) in [6.07, 6.45) is 42.1. The third-order valence-corrected chi connectivity index (χ3v) is 10.5. The van der Waals surface area contributed by atoms with Gasteiger partial charge in [-0.15, -0.1) is 0 Å². The number of esters is 2. The lowest BCUT2D eigenvalue weighted by Crippen LogP contribution is -2.29. The van der Waals surface area contributed by atoms with E-state index in [1.165, 1.54) is 128 Å². The van der Waals surface area contributed by atoms with Crippen LogP contribution in [0.2, 0.25) is 0 Å². The van der Waals surface area contributed by atoms with Gasteiger partial charge in [-0.1, -0.05) is 154 Å². The van der Waals surface area contributed by atoms with Crippen molar-refractivity contribution in [3.63, 3.8) is 0 Å². The van der Waals surface area contributed by atoms with Crippen LogP contribution in [0.4, 0.5) is 0 Å². The van der Waals surface area contributed by atoms with Crippen LogP contribution < -0.4 is 5.32 Å². The number of hydrogen-bond donors (Lipinski definition) is 2. The molecule has 0 aliphatic rings. The molecule has 0 aromatic carbocycles. The first-order chi connectivity index (χ1) is 26.3. The predicted molar refractivity (Wildman–Crippen MR) is 225 cm³/mol. The normalized spacial score (nSPS) is 13.5. The van der Waals surface area contributed by atoms with Gasteiger partial charge in [-0.05, 0) is 71.3 Å². The molecule has 2 N–H and O–H groups in total.